The molecule has 0 saturated carbocycles. The van der Waals surface area contributed by atoms with Gasteiger partial charge in [-0.1, -0.05) is 0 Å². The maximum absolute atomic E-state index is 13.0. The first kappa shape index (κ1) is 19.8. The second-order valence-corrected chi connectivity index (χ2v) is 9.09. The van der Waals surface area contributed by atoms with Gasteiger partial charge in [-0.25, -0.2) is 4.79 Å². The van der Waals surface area contributed by atoms with Gasteiger partial charge < -0.3 is 24.4 Å². The van der Waals surface area contributed by atoms with Gasteiger partial charge in [-0.05, 0) is 37.4 Å². The summed E-state index contributed by atoms with van der Waals surface area (Å²) in [6.45, 7) is 5.32. The number of hydrogen-bond acceptors (Lipinski definition) is 6. The minimum Gasteiger partial charge on any atom is -0.477 e. The topological polar surface area (TPSA) is 79.3 Å². The molecular weight excluding hydrogens is 380 g/mol. The molecule has 0 bridgehead atoms. The monoisotopic (exact) mass is 408 g/mol. The number of ether oxygens (including phenoxy) is 2. The highest BCUT2D eigenvalue weighted by Gasteiger charge is 2.44. The van der Waals surface area contributed by atoms with Gasteiger partial charge in [0.05, 0.1) is 24.7 Å². The highest BCUT2D eigenvalue weighted by molar-refractivity contribution is 7.14. The largest absolute Gasteiger partial charge is 0.477 e. The molecule has 1 aromatic heterocycles. The first-order valence-corrected chi connectivity index (χ1v) is 10.8. The third kappa shape index (κ3) is 3.70. The van der Waals surface area contributed by atoms with Crippen LogP contribution in [0.4, 0.5) is 0 Å². The number of piperidine rings is 1. The molecule has 3 aliphatic rings. The lowest BCUT2D eigenvalue weighted by Gasteiger charge is -2.44. The Kier molecular flexibility index (Phi) is 5.73. The number of rotatable bonds is 5. The standard InChI is InChI=1S/C20H28N2O5S/c1-26-11-9-21-6-2-14(13-21)18(23)22-7-4-20(5-8-22)15-12-17(19(24)25)28-16(15)3-10-27-20/h12,14H,2-11,13H2,1H3,(H,24,25). The molecule has 3 aliphatic heterocycles. The smallest absolute Gasteiger partial charge is 0.345 e. The Morgan fingerprint density at radius 2 is 2.14 bits per heavy atom. The van der Waals surface area contributed by atoms with Gasteiger partial charge in [0.1, 0.15) is 4.88 Å². The van der Waals surface area contributed by atoms with E-state index < -0.39 is 11.6 Å². The normalized spacial score (nSPS) is 24.5. The van der Waals surface area contributed by atoms with Crippen molar-refractivity contribution in [2.24, 2.45) is 5.92 Å². The van der Waals surface area contributed by atoms with Crippen molar-refractivity contribution >= 4 is 23.2 Å². The number of nitrogens with zero attached hydrogens (tertiary/aromatic N) is 2. The number of fused-ring (bicyclic) bond motifs is 2. The summed E-state index contributed by atoms with van der Waals surface area (Å²) in [5.74, 6) is -0.544. The molecule has 4 heterocycles. The molecule has 0 aliphatic carbocycles. The molecular formula is C20H28N2O5S. The number of likely N-dealkylation sites (tertiary alicyclic amines) is 2. The van der Waals surface area contributed by atoms with Gasteiger partial charge in [0.15, 0.2) is 0 Å². The molecule has 2 saturated heterocycles. The molecule has 2 fully saturated rings. The predicted molar refractivity (Wildman–Crippen MR) is 105 cm³/mol. The van der Waals surface area contributed by atoms with E-state index in [1.807, 2.05) is 4.90 Å². The van der Waals surface area contributed by atoms with E-state index in [1.165, 1.54) is 11.3 Å². The average Bonchev–Trinajstić information content (AvgIpc) is 3.35. The van der Waals surface area contributed by atoms with Gasteiger partial charge >= 0.3 is 5.97 Å². The van der Waals surface area contributed by atoms with Crippen LogP contribution in [0.2, 0.25) is 0 Å². The predicted octanol–water partition coefficient (Wildman–Crippen LogP) is 1.80. The van der Waals surface area contributed by atoms with Crippen LogP contribution in [-0.4, -0.2) is 79.8 Å². The summed E-state index contributed by atoms with van der Waals surface area (Å²) in [7, 11) is 1.70. The van der Waals surface area contributed by atoms with Crippen LogP contribution in [0.1, 0.15) is 39.4 Å². The lowest BCUT2D eigenvalue weighted by Crippen LogP contribution is -2.49. The van der Waals surface area contributed by atoms with Crippen molar-refractivity contribution in [2.75, 3.05) is 53.0 Å². The summed E-state index contributed by atoms with van der Waals surface area (Å²) in [6.07, 6.45) is 3.16. The Labute approximate surface area is 169 Å². The van der Waals surface area contributed by atoms with Gasteiger partial charge in [0.25, 0.3) is 0 Å². The zero-order valence-electron chi connectivity index (χ0n) is 16.3. The first-order valence-electron chi connectivity index (χ1n) is 10.0. The highest BCUT2D eigenvalue weighted by Crippen LogP contribution is 2.44. The number of carboxylic acid groups (broad SMARTS) is 1. The number of aromatic carboxylic acids is 1. The van der Waals surface area contributed by atoms with Gasteiger partial charge in [0, 0.05) is 44.6 Å². The summed E-state index contributed by atoms with van der Waals surface area (Å²) in [6, 6.07) is 1.80. The SMILES string of the molecule is COCCN1CCC(C(=O)N2CCC3(CC2)OCCc2sc(C(=O)O)cc23)C1. The number of hydrogen-bond donors (Lipinski definition) is 1. The molecule has 154 valence electrons. The number of thiophene rings is 1. The van der Waals surface area contributed by atoms with E-state index in [0.717, 1.165) is 55.8 Å². The van der Waals surface area contributed by atoms with Crippen LogP contribution in [0.5, 0.6) is 0 Å². The molecule has 0 radical (unpaired) electrons. The highest BCUT2D eigenvalue weighted by atomic mass is 32.1. The minimum absolute atomic E-state index is 0.0773. The minimum atomic E-state index is -0.874. The van der Waals surface area contributed by atoms with Gasteiger partial charge in [-0.3, -0.25) is 4.79 Å². The number of carboxylic acids is 1. The molecule has 1 unspecified atom stereocenters. The van der Waals surface area contributed by atoms with Crippen LogP contribution < -0.4 is 0 Å². The van der Waals surface area contributed by atoms with Crippen molar-refractivity contribution in [1.29, 1.82) is 0 Å². The third-order valence-electron chi connectivity index (χ3n) is 6.33. The van der Waals surface area contributed by atoms with Crippen LogP contribution in [0.25, 0.3) is 0 Å². The van der Waals surface area contributed by atoms with E-state index in [-0.39, 0.29) is 11.8 Å². The Hall–Kier alpha value is -1.48. The van der Waals surface area contributed by atoms with Crippen molar-refractivity contribution < 1.29 is 24.2 Å². The number of carbonyl (C=O) groups excluding carboxylic acids is 1. The third-order valence-corrected chi connectivity index (χ3v) is 7.52. The van der Waals surface area contributed by atoms with E-state index in [9.17, 15) is 14.7 Å². The quantitative estimate of drug-likeness (QED) is 0.801. The van der Waals surface area contributed by atoms with Crippen molar-refractivity contribution in [1.82, 2.24) is 9.80 Å². The molecule has 1 spiro atoms. The summed E-state index contributed by atoms with van der Waals surface area (Å²) in [4.78, 5) is 30.2. The Bertz CT molecular complexity index is 741. The van der Waals surface area contributed by atoms with Crippen molar-refractivity contribution in [3.8, 4) is 0 Å². The number of carbonyl (C=O) groups is 2. The Morgan fingerprint density at radius 3 is 2.86 bits per heavy atom. The van der Waals surface area contributed by atoms with Crippen molar-refractivity contribution in [3.63, 3.8) is 0 Å². The molecule has 1 amide bonds. The molecule has 7 nitrogen and oxygen atoms in total. The zero-order chi connectivity index (χ0) is 19.7. The van der Waals surface area contributed by atoms with E-state index in [2.05, 4.69) is 4.90 Å². The van der Waals surface area contributed by atoms with Crippen LogP contribution in [0.15, 0.2) is 6.07 Å². The summed E-state index contributed by atoms with van der Waals surface area (Å²) in [5.41, 5.74) is 0.620. The molecule has 1 aromatic rings. The maximum Gasteiger partial charge on any atom is 0.345 e. The Morgan fingerprint density at radius 1 is 1.36 bits per heavy atom. The van der Waals surface area contributed by atoms with Crippen LogP contribution in [-0.2, 0) is 26.3 Å². The summed E-state index contributed by atoms with van der Waals surface area (Å²) >= 11 is 1.37. The zero-order valence-corrected chi connectivity index (χ0v) is 17.1. The maximum atomic E-state index is 13.0. The second kappa shape index (κ2) is 8.10. The molecule has 8 heteroatoms. The first-order chi connectivity index (χ1) is 13.5. The number of amides is 1. The summed E-state index contributed by atoms with van der Waals surface area (Å²) < 4.78 is 11.3. The summed E-state index contributed by atoms with van der Waals surface area (Å²) in [5, 5.41) is 9.34. The molecule has 28 heavy (non-hydrogen) atoms. The van der Waals surface area contributed by atoms with Crippen LogP contribution >= 0.6 is 11.3 Å². The second-order valence-electron chi connectivity index (χ2n) is 7.95. The lowest BCUT2D eigenvalue weighted by atomic mass is 9.82. The van der Waals surface area contributed by atoms with E-state index in [4.69, 9.17) is 9.47 Å². The Balaban J connectivity index is 1.39. The fourth-order valence-corrected chi connectivity index (χ4v) is 5.81. The van der Waals surface area contributed by atoms with Crippen LogP contribution in [0.3, 0.4) is 0 Å². The van der Waals surface area contributed by atoms with E-state index >= 15 is 0 Å². The molecule has 1 atom stereocenters. The van der Waals surface area contributed by atoms with Gasteiger partial charge in [-0.2, -0.15) is 0 Å². The fraction of sp³-hybridized carbons (Fsp3) is 0.700. The fourth-order valence-electron chi connectivity index (χ4n) is 4.74. The lowest BCUT2D eigenvalue weighted by molar-refractivity contribution is -0.144. The van der Waals surface area contributed by atoms with Crippen molar-refractivity contribution in [2.45, 2.75) is 31.3 Å². The molecule has 0 aromatic carbocycles. The molecule has 4 rings (SSSR count). The van der Waals surface area contributed by atoms with E-state index in [0.29, 0.717) is 31.2 Å². The average molecular weight is 409 g/mol. The number of methoxy groups -OCH3 is 1. The van der Waals surface area contributed by atoms with Crippen molar-refractivity contribution in [3.05, 3.63) is 21.4 Å². The van der Waals surface area contributed by atoms with Gasteiger partial charge in [-0.15, -0.1) is 11.3 Å². The molecule has 1 N–H and O–H groups in total. The van der Waals surface area contributed by atoms with Crippen LogP contribution in [0, 0.1) is 5.92 Å². The van der Waals surface area contributed by atoms with E-state index in [1.54, 1.807) is 13.2 Å². The van der Waals surface area contributed by atoms with Gasteiger partial charge in [0.2, 0.25) is 5.91 Å².